The Labute approximate surface area is 271 Å². The summed E-state index contributed by atoms with van der Waals surface area (Å²) in [7, 11) is 2.85. The Hall–Kier alpha value is -3.67. The highest BCUT2D eigenvalue weighted by molar-refractivity contribution is 5.89. The van der Waals surface area contributed by atoms with Crippen molar-refractivity contribution in [3.05, 3.63) is 65.7 Å². The molecular weight excluding hydrogens is 600 g/mol. The Balaban J connectivity index is 0.00000705. The normalized spacial score (nSPS) is 14.7. The molecule has 11 nitrogen and oxygen atoms in total. The first-order chi connectivity index (χ1) is 21.3. The molecule has 1 saturated heterocycles. The van der Waals surface area contributed by atoms with Crippen molar-refractivity contribution >= 4 is 36.1 Å². The number of amides is 3. The standard InChI is InChI=1S/C33H46N4O7.ClH/c1-43-26-13-9-12-25(20-26)22-34-23-29(38)28(21-24-10-5-3-6-11-24)36-33(42)27(35-30(39)15-17-32(41)44-2)14-16-31(40)37-18-7-4-8-19-37;/h3,5-6,9-13,20,27-29,34,38H,4,7-8,14-19,21-23H2,1-2H3,(H,35,39)(H,36,42);1H/t27-,28-,29-;/m0./s1. The number of piperidine rings is 1. The predicted octanol–water partition coefficient (Wildman–Crippen LogP) is 2.53. The van der Waals surface area contributed by atoms with Gasteiger partial charge >= 0.3 is 5.97 Å². The van der Waals surface area contributed by atoms with Gasteiger partial charge in [0, 0.05) is 39.0 Å². The molecule has 0 saturated carbocycles. The summed E-state index contributed by atoms with van der Waals surface area (Å²) in [6.07, 6.45) is 2.27. The first-order valence-electron chi connectivity index (χ1n) is 15.3. The molecule has 1 aliphatic heterocycles. The van der Waals surface area contributed by atoms with Gasteiger partial charge < -0.3 is 35.4 Å². The monoisotopic (exact) mass is 646 g/mol. The molecule has 0 bridgehead atoms. The maximum atomic E-state index is 13.6. The molecule has 1 fully saturated rings. The SMILES string of the molecule is COC(=O)CCC(=O)N[C@@H](CCC(=O)N1CCCCC1)C(=O)N[C@@H](Cc1ccccc1)[C@@H](O)CNCc1cccc(OC)c1.Cl. The minimum Gasteiger partial charge on any atom is -0.497 e. The molecule has 1 aliphatic rings. The summed E-state index contributed by atoms with van der Waals surface area (Å²) in [5.74, 6) is -0.864. The fourth-order valence-corrected chi connectivity index (χ4v) is 5.15. The van der Waals surface area contributed by atoms with E-state index in [0.717, 1.165) is 36.1 Å². The summed E-state index contributed by atoms with van der Waals surface area (Å²) >= 11 is 0. The highest BCUT2D eigenvalue weighted by Gasteiger charge is 2.28. The second kappa shape index (κ2) is 20.4. The molecule has 248 valence electrons. The lowest BCUT2D eigenvalue weighted by Gasteiger charge is -2.29. The van der Waals surface area contributed by atoms with Gasteiger partial charge in [-0.1, -0.05) is 42.5 Å². The molecule has 3 rings (SSSR count). The third kappa shape index (κ3) is 13.5. The maximum Gasteiger partial charge on any atom is 0.306 e. The van der Waals surface area contributed by atoms with Gasteiger partial charge in [-0.15, -0.1) is 12.4 Å². The van der Waals surface area contributed by atoms with Crippen LogP contribution in [0.3, 0.4) is 0 Å². The number of nitrogens with zero attached hydrogens (tertiary/aromatic N) is 1. The van der Waals surface area contributed by atoms with E-state index in [1.54, 1.807) is 12.0 Å². The molecule has 12 heteroatoms. The first kappa shape index (κ1) is 37.5. The lowest BCUT2D eigenvalue weighted by Crippen LogP contribution is -2.55. The van der Waals surface area contributed by atoms with Crippen molar-refractivity contribution in [3.63, 3.8) is 0 Å². The van der Waals surface area contributed by atoms with Gasteiger partial charge in [-0.05, 0) is 55.4 Å². The van der Waals surface area contributed by atoms with Crippen molar-refractivity contribution < 1.29 is 33.8 Å². The third-order valence-corrected chi connectivity index (χ3v) is 7.70. The summed E-state index contributed by atoms with van der Waals surface area (Å²) in [4.78, 5) is 52.6. The number of methoxy groups -OCH3 is 2. The molecule has 0 radical (unpaired) electrons. The topological polar surface area (TPSA) is 146 Å². The number of aliphatic hydroxyl groups is 1. The largest absolute Gasteiger partial charge is 0.497 e. The molecule has 1 heterocycles. The van der Waals surface area contributed by atoms with Gasteiger partial charge in [0.1, 0.15) is 11.8 Å². The molecule has 45 heavy (non-hydrogen) atoms. The van der Waals surface area contributed by atoms with Crippen LogP contribution in [0.15, 0.2) is 54.6 Å². The van der Waals surface area contributed by atoms with E-state index in [9.17, 15) is 24.3 Å². The fraction of sp³-hybridized carbons (Fsp3) is 0.515. The summed E-state index contributed by atoms with van der Waals surface area (Å²) in [5, 5.41) is 20.1. The van der Waals surface area contributed by atoms with Gasteiger partial charge in [-0.2, -0.15) is 0 Å². The number of aliphatic hydroxyl groups excluding tert-OH is 1. The third-order valence-electron chi connectivity index (χ3n) is 7.70. The van der Waals surface area contributed by atoms with Crippen LogP contribution in [-0.2, 0) is 36.9 Å². The highest BCUT2D eigenvalue weighted by Crippen LogP contribution is 2.14. The second-order valence-corrected chi connectivity index (χ2v) is 11.0. The number of esters is 1. The second-order valence-electron chi connectivity index (χ2n) is 11.0. The number of hydrogen-bond donors (Lipinski definition) is 4. The van der Waals surface area contributed by atoms with E-state index in [1.165, 1.54) is 7.11 Å². The van der Waals surface area contributed by atoms with E-state index in [2.05, 4.69) is 20.7 Å². The number of likely N-dealkylation sites (tertiary alicyclic amines) is 1. The Morgan fingerprint density at radius 3 is 2.29 bits per heavy atom. The number of nitrogens with one attached hydrogen (secondary N) is 3. The molecule has 0 spiro atoms. The fourth-order valence-electron chi connectivity index (χ4n) is 5.15. The number of halogens is 1. The van der Waals surface area contributed by atoms with Crippen LogP contribution >= 0.6 is 12.4 Å². The Bertz CT molecular complexity index is 1210. The van der Waals surface area contributed by atoms with Crippen molar-refractivity contribution in [2.24, 2.45) is 0 Å². The minimum absolute atomic E-state index is 0. The van der Waals surface area contributed by atoms with Crippen LogP contribution in [-0.4, -0.2) is 85.7 Å². The molecule has 3 atom stereocenters. The average Bonchev–Trinajstić information content (AvgIpc) is 3.05. The van der Waals surface area contributed by atoms with Crippen molar-refractivity contribution in [2.45, 2.75) is 76.1 Å². The van der Waals surface area contributed by atoms with E-state index in [0.29, 0.717) is 26.1 Å². The average molecular weight is 647 g/mol. The van der Waals surface area contributed by atoms with E-state index < -0.39 is 36.0 Å². The van der Waals surface area contributed by atoms with Gasteiger partial charge in [-0.3, -0.25) is 19.2 Å². The zero-order valence-electron chi connectivity index (χ0n) is 26.2. The van der Waals surface area contributed by atoms with Crippen LogP contribution in [0.4, 0.5) is 0 Å². The smallest absolute Gasteiger partial charge is 0.306 e. The van der Waals surface area contributed by atoms with Crippen LogP contribution in [0, 0.1) is 0 Å². The van der Waals surface area contributed by atoms with Crippen LogP contribution in [0.5, 0.6) is 5.75 Å². The van der Waals surface area contributed by atoms with Crippen LogP contribution in [0.25, 0.3) is 0 Å². The lowest BCUT2D eigenvalue weighted by atomic mass is 9.99. The molecule has 2 aromatic carbocycles. The van der Waals surface area contributed by atoms with E-state index >= 15 is 0 Å². The van der Waals surface area contributed by atoms with Gasteiger partial charge in [0.15, 0.2) is 0 Å². The zero-order valence-corrected chi connectivity index (χ0v) is 27.0. The predicted molar refractivity (Wildman–Crippen MR) is 173 cm³/mol. The van der Waals surface area contributed by atoms with Crippen molar-refractivity contribution in [1.82, 2.24) is 20.9 Å². The molecule has 4 N–H and O–H groups in total. The number of carbonyl (C=O) groups excluding carboxylic acids is 4. The Kier molecular flexibility index (Phi) is 17.0. The quantitative estimate of drug-likeness (QED) is 0.192. The first-order valence-corrected chi connectivity index (χ1v) is 15.3. The van der Waals surface area contributed by atoms with Gasteiger partial charge in [0.2, 0.25) is 17.7 Å². The highest BCUT2D eigenvalue weighted by atomic mass is 35.5. The number of carbonyl (C=O) groups is 4. The van der Waals surface area contributed by atoms with Crippen molar-refractivity contribution in [3.8, 4) is 5.75 Å². The van der Waals surface area contributed by atoms with E-state index in [-0.39, 0.29) is 50.5 Å². The number of hydrogen-bond acceptors (Lipinski definition) is 8. The van der Waals surface area contributed by atoms with Crippen molar-refractivity contribution in [2.75, 3.05) is 33.9 Å². The van der Waals surface area contributed by atoms with Gasteiger partial charge in [0.25, 0.3) is 0 Å². The summed E-state index contributed by atoms with van der Waals surface area (Å²) < 4.78 is 9.90. The molecule has 2 aromatic rings. The van der Waals surface area contributed by atoms with Crippen LogP contribution in [0.2, 0.25) is 0 Å². The van der Waals surface area contributed by atoms with E-state index in [1.807, 2.05) is 54.6 Å². The summed E-state index contributed by atoms with van der Waals surface area (Å²) in [6, 6.07) is 15.4. The number of rotatable bonds is 17. The van der Waals surface area contributed by atoms with Crippen LogP contribution in [0.1, 0.15) is 56.1 Å². The van der Waals surface area contributed by atoms with Crippen molar-refractivity contribution in [1.29, 1.82) is 0 Å². The molecule has 0 unspecified atom stereocenters. The maximum absolute atomic E-state index is 13.6. The van der Waals surface area contributed by atoms with Gasteiger partial charge in [0.05, 0.1) is 32.8 Å². The Morgan fingerprint density at radius 2 is 1.60 bits per heavy atom. The number of ether oxygens (including phenoxy) is 2. The molecule has 0 aromatic heterocycles. The summed E-state index contributed by atoms with van der Waals surface area (Å²) in [6.45, 7) is 2.06. The van der Waals surface area contributed by atoms with Crippen LogP contribution < -0.4 is 20.7 Å². The van der Waals surface area contributed by atoms with Gasteiger partial charge in [-0.25, -0.2) is 0 Å². The minimum atomic E-state index is -1.02. The van der Waals surface area contributed by atoms with E-state index in [4.69, 9.17) is 4.74 Å². The number of benzene rings is 2. The lowest BCUT2D eigenvalue weighted by molar-refractivity contribution is -0.142. The molecule has 0 aliphatic carbocycles. The molecule has 3 amide bonds. The Morgan fingerprint density at radius 1 is 0.889 bits per heavy atom. The zero-order chi connectivity index (χ0) is 31.7. The molecular formula is C33H47ClN4O7. The summed E-state index contributed by atoms with van der Waals surface area (Å²) in [5.41, 5.74) is 1.90.